The third-order valence-electron chi connectivity index (χ3n) is 7.73. The molecule has 0 heterocycles. The topological polar surface area (TPSA) is 134 Å². The highest BCUT2D eigenvalue weighted by Gasteiger charge is 2.25. The summed E-state index contributed by atoms with van der Waals surface area (Å²) >= 11 is 0. The second-order valence-corrected chi connectivity index (χ2v) is 14.2. The zero-order chi connectivity index (χ0) is 39.6. The molecule has 2 atom stereocenters. The molecule has 0 fully saturated rings. The van der Waals surface area contributed by atoms with Crippen molar-refractivity contribution in [3.63, 3.8) is 0 Å². The summed E-state index contributed by atoms with van der Waals surface area (Å²) in [6, 6.07) is 0. The van der Waals surface area contributed by atoms with Gasteiger partial charge in [0.15, 0.2) is 6.10 Å². The third kappa shape index (κ3) is 38.6. The lowest BCUT2D eigenvalue weighted by atomic mass is 10.1. The Morgan fingerprint density at radius 3 is 1.52 bits per heavy atom. The highest BCUT2D eigenvalue weighted by atomic mass is 31.2. The molecule has 3 N–H and O–H groups in total. The number of phosphoric acid groups is 1. The number of unbranched alkanes of at least 4 members (excludes halogenated alkanes) is 7. The summed E-state index contributed by atoms with van der Waals surface area (Å²) in [6.45, 7) is 3.45. The normalized spacial score (nSPS) is 14.4. The standard InChI is InChI=1S/C44H72NO8P/c1-3-5-7-9-11-12-13-14-15-16-17-18-19-20-21-22-23-24-25-26-27-28-29-30-31-33-35-37-44(47)53-42(41-52-54(48,49)51-39-38-45)40-50-43(46)36-34-32-10-8-6-4-2/h5,7,11-12,14-15,17-18,20-21,23-24,26-27,29-30,42H,3-4,6,8-10,13,16,19,22,25,28,31-41,45H2,1-2H3,(H,48,49)/b7-5-,12-11-,15-14-,18-17-,21-20-,24-23-,27-26-,30-29-. The number of carbonyl (C=O) groups is 2. The van der Waals surface area contributed by atoms with Crippen LogP contribution in [-0.4, -0.2) is 49.3 Å². The smallest absolute Gasteiger partial charge is 0.462 e. The average Bonchev–Trinajstić information content (AvgIpc) is 3.16. The number of carbonyl (C=O) groups excluding carboxylic acids is 2. The molecule has 10 heteroatoms. The zero-order valence-corrected chi connectivity index (χ0v) is 34.3. The van der Waals surface area contributed by atoms with Crippen molar-refractivity contribution in [1.82, 2.24) is 0 Å². The molecule has 0 saturated carbocycles. The summed E-state index contributed by atoms with van der Waals surface area (Å²) in [5, 5.41) is 0. The van der Waals surface area contributed by atoms with Crippen molar-refractivity contribution in [2.75, 3.05) is 26.4 Å². The maximum absolute atomic E-state index is 12.5. The third-order valence-corrected chi connectivity index (χ3v) is 8.72. The Labute approximate surface area is 327 Å². The van der Waals surface area contributed by atoms with Crippen LogP contribution in [0.2, 0.25) is 0 Å². The molecule has 306 valence electrons. The Balaban J connectivity index is 4.18. The van der Waals surface area contributed by atoms with Gasteiger partial charge in [-0.05, 0) is 77.0 Å². The van der Waals surface area contributed by atoms with E-state index in [-0.39, 0.29) is 32.6 Å². The van der Waals surface area contributed by atoms with Gasteiger partial charge in [-0.3, -0.25) is 18.6 Å². The van der Waals surface area contributed by atoms with Crippen LogP contribution in [0.1, 0.15) is 136 Å². The van der Waals surface area contributed by atoms with E-state index in [9.17, 15) is 19.0 Å². The molecule has 2 unspecified atom stereocenters. The molecule has 9 nitrogen and oxygen atoms in total. The highest BCUT2D eigenvalue weighted by molar-refractivity contribution is 7.47. The quantitative estimate of drug-likeness (QED) is 0.0276. The van der Waals surface area contributed by atoms with Crippen molar-refractivity contribution >= 4 is 19.8 Å². The van der Waals surface area contributed by atoms with Gasteiger partial charge in [0.05, 0.1) is 13.2 Å². The Kier molecular flexibility index (Phi) is 37.4. The van der Waals surface area contributed by atoms with Gasteiger partial charge >= 0.3 is 19.8 Å². The number of esters is 2. The monoisotopic (exact) mass is 773 g/mol. The molecule has 0 aliphatic heterocycles. The Morgan fingerprint density at radius 1 is 0.574 bits per heavy atom. The zero-order valence-electron chi connectivity index (χ0n) is 33.4. The van der Waals surface area contributed by atoms with Crippen molar-refractivity contribution in [3.8, 4) is 0 Å². The number of rotatable bonds is 36. The molecule has 0 amide bonds. The molecular weight excluding hydrogens is 701 g/mol. The molecule has 0 aromatic rings. The number of nitrogens with two attached hydrogens (primary N) is 1. The molecule has 0 saturated heterocycles. The van der Waals surface area contributed by atoms with Gasteiger partial charge in [-0.25, -0.2) is 4.57 Å². The van der Waals surface area contributed by atoms with E-state index in [1.54, 1.807) is 0 Å². The van der Waals surface area contributed by atoms with E-state index < -0.39 is 32.5 Å². The summed E-state index contributed by atoms with van der Waals surface area (Å²) in [5.74, 6) is -0.902. The Bertz CT molecular complexity index is 1200. The van der Waals surface area contributed by atoms with Crippen LogP contribution < -0.4 is 5.73 Å². The van der Waals surface area contributed by atoms with E-state index in [1.165, 1.54) is 6.42 Å². The van der Waals surface area contributed by atoms with Crippen LogP contribution in [0.4, 0.5) is 0 Å². The minimum atomic E-state index is -4.38. The number of ether oxygens (including phenoxy) is 2. The summed E-state index contributed by atoms with van der Waals surface area (Å²) in [7, 11) is -4.38. The fourth-order valence-electron chi connectivity index (χ4n) is 4.76. The van der Waals surface area contributed by atoms with Gasteiger partial charge < -0.3 is 20.1 Å². The second-order valence-electron chi connectivity index (χ2n) is 12.8. The number of hydrogen-bond acceptors (Lipinski definition) is 8. The first-order valence-electron chi connectivity index (χ1n) is 20.2. The van der Waals surface area contributed by atoms with Gasteiger partial charge in [0, 0.05) is 19.4 Å². The van der Waals surface area contributed by atoms with Gasteiger partial charge in [-0.2, -0.15) is 0 Å². The van der Waals surface area contributed by atoms with Crippen LogP contribution in [0.3, 0.4) is 0 Å². The average molecular weight is 774 g/mol. The molecule has 0 aliphatic carbocycles. The molecule has 0 bridgehead atoms. The lowest BCUT2D eigenvalue weighted by Crippen LogP contribution is -2.29. The predicted octanol–water partition coefficient (Wildman–Crippen LogP) is 11.4. The molecule has 0 rings (SSSR count). The summed E-state index contributed by atoms with van der Waals surface area (Å²) in [6.07, 6.45) is 50.5. The summed E-state index contributed by atoms with van der Waals surface area (Å²) in [4.78, 5) is 34.5. The summed E-state index contributed by atoms with van der Waals surface area (Å²) in [5.41, 5.74) is 5.32. The van der Waals surface area contributed by atoms with Gasteiger partial charge in [-0.1, -0.05) is 143 Å². The van der Waals surface area contributed by atoms with E-state index in [0.717, 1.165) is 96.3 Å². The fraction of sp³-hybridized carbons (Fsp3) is 0.591. The first kappa shape index (κ1) is 50.9. The predicted molar refractivity (Wildman–Crippen MR) is 224 cm³/mol. The summed E-state index contributed by atoms with van der Waals surface area (Å²) < 4.78 is 32.5. The van der Waals surface area contributed by atoms with Crippen LogP contribution >= 0.6 is 7.82 Å². The van der Waals surface area contributed by atoms with E-state index in [2.05, 4.69) is 111 Å². The fourth-order valence-corrected chi connectivity index (χ4v) is 5.53. The number of phosphoric ester groups is 1. The van der Waals surface area contributed by atoms with Crippen LogP contribution in [0, 0.1) is 0 Å². The second kappa shape index (κ2) is 39.6. The first-order chi connectivity index (χ1) is 26.3. The van der Waals surface area contributed by atoms with E-state index >= 15 is 0 Å². The van der Waals surface area contributed by atoms with Gasteiger partial charge in [0.2, 0.25) is 0 Å². The highest BCUT2D eigenvalue weighted by Crippen LogP contribution is 2.43. The van der Waals surface area contributed by atoms with Crippen LogP contribution in [0.15, 0.2) is 97.2 Å². The van der Waals surface area contributed by atoms with Gasteiger partial charge in [0.1, 0.15) is 6.61 Å². The van der Waals surface area contributed by atoms with Gasteiger partial charge in [0.25, 0.3) is 0 Å². The van der Waals surface area contributed by atoms with Crippen molar-refractivity contribution in [3.05, 3.63) is 97.2 Å². The SMILES string of the molecule is CC/C=C\C/C=C\C/C=C\C/C=C\C/C=C\C/C=C\C/C=C\C/C=C\CCCCC(=O)OC(COC(=O)CCCCCCCC)COP(=O)(O)OCCN. The van der Waals surface area contributed by atoms with E-state index in [1.807, 2.05) is 0 Å². The van der Waals surface area contributed by atoms with Crippen LogP contribution in [-0.2, 0) is 32.7 Å². The van der Waals surface area contributed by atoms with Crippen molar-refractivity contribution in [2.45, 2.75) is 142 Å². The maximum atomic E-state index is 12.5. The Hall–Kier alpha value is -3.07. The van der Waals surface area contributed by atoms with Crippen LogP contribution in [0.25, 0.3) is 0 Å². The first-order valence-corrected chi connectivity index (χ1v) is 21.7. The lowest BCUT2D eigenvalue weighted by molar-refractivity contribution is -0.161. The van der Waals surface area contributed by atoms with Crippen molar-refractivity contribution in [1.29, 1.82) is 0 Å². The molecule has 0 aromatic carbocycles. The van der Waals surface area contributed by atoms with Gasteiger partial charge in [-0.15, -0.1) is 0 Å². The van der Waals surface area contributed by atoms with E-state index in [0.29, 0.717) is 6.42 Å². The minimum absolute atomic E-state index is 0.0410. The lowest BCUT2D eigenvalue weighted by Gasteiger charge is -2.19. The number of allylic oxidation sites excluding steroid dienone is 16. The van der Waals surface area contributed by atoms with E-state index in [4.69, 9.17) is 24.3 Å². The van der Waals surface area contributed by atoms with Crippen molar-refractivity contribution in [2.24, 2.45) is 5.73 Å². The van der Waals surface area contributed by atoms with Crippen LogP contribution in [0.5, 0.6) is 0 Å². The molecule has 0 aromatic heterocycles. The van der Waals surface area contributed by atoms with Crippen molar-refractivity contribution < 1.29 is 37.6 Å². The molecule has 54 heavy (non-hydrogen) atoms. The molecule has 0 aliphatic rings. The molecule has 0 radical (unpaired) electrons. The Morgan fingerprint density at radius 2 is 1.02 bits per heavy atom. The minimum Gasteiger partial charge on any atom is -0.462 e. The largest absolute Gasteiger partial charge is 0.472 e. The molecular formula is C44H72NO8P. The molecule has 0 spiro atoms. The number of hydrogen-bond donors (Lipinski definition) is 2. The maximum Gasteiger partial charge on any atom is 0.472 e.